The first-order chi connectivity index (χ1) is 13.2. The first kappa shape index (κ1) is 22.6. The molecule has 0 aliphatic heterocycles. The van der Waals surface area contributed by atoms with E-state index in [1.807, 2.05) is 19.1 Å². The lowest BCUT2D eigenvalue weighted by Crippen LogP contribution is -2.66. The number of halogens is 1. The van der Waals surface area contributed by atoms with Crippen LogP contribution < -0.4 is 10.4 Å². The van der Waals surface area contributed by atoms with Gasteiger partial charge in [0.1, 0.15) is 4.48 Å². The highest BCUT2D eigenvalue weighted by Crippen LogP contribution is 2.37. The minimum atomic E-state index is -2.62. The fourth-order valence-electron chi connectivity index (χ4n) is 3.41. The van der Waals surface area contributed by atoms with Crippen LogP contribution in [0.15, 0.2) is 70.7 Å². The van der Waals surface area contributed by atoms with Gasteiger partial charge in [0.2, 0.25) is 0 Å². The van der Waals surface area contributed by atoms with Crippen molar-refractivity contribution < 1.29 is 14.0 Å². The summed E-state index contributed by atoms with van der Waals surface area (Å²) in [6.07, 6.45) is 0. The Kier molecular flexibility index (Phi) is 7.81. The fourth-order valence-corrected chi connectivity index (χ4v) is 8.23. The zero-order chi connectivity index (χ0) is 20.8. The van der Waals surface area contributed by atoms with Crippen LogP contribution in [0.25, 0.3) is 0 Å². The van der Waals surface area contributed by atoms with Gasteiger partial charge in [-0.05, 0) is 50.8 Å². The molecule has 0 heterocycles. The number of carbonyl (C=O) groups is 1. The van der Waals surface area contributed by atoms with E-state index in [-0.39, 0.29) is 11.0 Å². The highest BCUT2D eigenvalue weighted by atomic mass is 79.9. The van der Waals surface area contributed by atoms with Gasteiger partial charge in [0.05, 0.1) is 13.2 Å². The minimum absolute atomic E-state index is 0.105. The van der Waals surface area contributed by atoms with E-state index in [1.165, 1.54) is 10.4 Å². The van der Waals surface area contributed by atoms with Crippen LogP contribution >= 0.6 is 15.9 Å². The normalized spacial score (nSPS) is 13.1. The Hall–Kier alpha value is -1.69. The summed E-state index contributed by atoms with van der Waals surface area (Å²) in [7, 11) is -2.62. The van der Waals surface area contributed by atoms with Crippen molar-refractivity contribution in [2.24, 2.45) is 0 Å². The van der Waals surface area contributed by atoms with Gasteiger partial charge in [-0.2, -0.15) is 0 Å². The first-order valence-electron chi connectivity index (χ1n) is 9.51. The molecule has 3 nitrogen and oxygen atoms in total. The number of esters is 1. The Morgan fingerprint density at radius 1 is 0.964 bits per heavy atom. The second kappa shape index (κ2) is 9.68. The molecule has 0 bridgehead atoms. The van der Waals surface area contributed by atoms with Gasteiger partial charge in [0, 0.05) is 0 Å². The molecule has 0 aliphatic carbocycles. The van der Waals surface area contributed by atoms with Crippen LogP contribution in [0.1, 0.15) is 34.6 Å². The predicted molar refractivity (Wildman–Crippen MR) is 122 cm³/mol. The molecule has 0 radical (unpaired) electrons. The van der Waals surface area contributed by atoms with E-state index >= 15 is 0 Å². The smallest absolute Gasteiger partial charge is 0.345 e. The third-order valence-electron chi connectivity index (χ3n) is 4.75. The third kappa shape index (κ3) is 4.83. The van der Waals surface area contributed by atoms with E-state index in [0.717, 1.165) is 5.57 Å². The molecule has 0 unspecified atom stereocenters. The van der Waals surface area contributed by atoms with Crippen LogP contribution in [0.3, 0.4) is 0 Å². The number of carbonyl (C=O) groups excluding carboxylic acids is 1. The average molecular weight is 461 g/mol. The Morgan fingerprint density at radius 2 is 1.43 bits per heavy atom. The molecular weight excluding hydrogens is 432 g/mol. The van der Waals surface area contributed by atoms with E-state index in [0.29, 0.717) is 17.7 Å². The maximum Gasteiger partial charge on any atom is 0.345 e. The zero-order valence-electron chi connectivity index (χ0n) is 17.3. The minimum Gasteiger partial charge on any atom is -0.462 e. The second-order valence-corrected chi connectivity index (χ2v) is 12.9. The third-order valence-corrected chi connectivity index (χ3v) is 10.7. The maximum atomic E-state index is 12.1. The largest absolute Gasteiger partial charge is 0.462 e. The van der Waals surface area contributed by atoms with Crippen molar-refractivity contribution >= 4 is 40.6 Å². The molecule has 0 atom stereocenters. The molecule has 5 heteroatoms. The van der Waals surface area contributed by atoms with E-state index in [9.17, 15) is 4.79 Å². The summed E-state index contributed by atoms with van der Waals surface area (Å²) in [5.41, 5.74) is 0.825. The van der Waals surface area contributed by atoms with Crippen LogP contribution in [-0.2, 0) is 14.0 Å². The SMILES string of the molecule is CCOC(=O)/C(Br)=C(/C)CO[Si](c1ccccc1)(c1ccccc1)C(C)(C)C. The summed E-state index contributed by atoms with van der Waals surface area (Å²) >= 11 is 3.38. The second-order valence-electron chi connectivity index (χ2n) is 7.77. The van der Waals surface area contributed by atoms with Crippen LogP contribution in [0, 0.1) is 0 Å². The van der Waals surface area contributed by atoms with Crippen molar-refractivity contribution in [2.75, 3.05) is 13.2 Å². The van der Waals surface area contributed by atoms with Crippen molar-refractivity contribution in [3.63, 3.8) is 0 Å². The van der Waals surface area contributed by atoms with Gasteiger partial charge in [0.15, 0.2) is 0 Å². The maximum absolute atomic E-state index is 12.1. The van der Waals surface area contributed by atoms with Gasteiger partial charge < -0.3 is 9.16 Å². The molecule has 150 valence electrons. The molecule has 0 fully saturated rings. The topological polar surface area (TPSA) is 35.5 Å². The van der Waals surface area contributed by atoms with E-state index in [1.54, 1.807) is 6.92 Å². The first-order valence-corrected chi connectivity index (χ1v) is 12.2. The van der Waals surface area contributed by atoms with Gasteiger partial charge in [0.25, 0.3) is 8.32 Å². The Morgan fingerprint density at radius 3 is 1.82 bits per heavy atom. The monoisotopic (exact) mass is 460 g/mol. The van der Waals surface area contributed by atoms with Crippen molar-refractivity contribution in [3.8, 4) is 0 Å². The molecule has 2 aromatic rings. The van der Waals surface area contributed by atoms with Crippen LogP contribution in [0.4, 0.5) is 0 Å². The van der Waals surface area contributed by atoms with Crippen molar-refractivity contribution in [2.45, 2.75) is 39.7 Å². The lowest BCUT2D eigenvalue weighted by atomic mass is 10.2. The summed E-state index contributed by atoms with van der Waals surface area (Å²) in [4.78, 5) is 12.1. The van der Waals surface area contributed by atoms with Gasteiger partial charge >= 0.3 is 5.97 Å². The van der Waals surface area contributed by atoms with E-state index < -0.39 is 8.32 Å². The standard InChI is InChI=1S/C23H29BrO3Si/c1-6-26-22(25)21(24)18(2)17-27-28(23(3,4)5,19-13-9-7-10-14-19)20-15-11-8-12-16-20/h7-16H,6,17H2,1-5H3/b21-18+. The number of ether oxygens (including phenoxy) is 1. The molecule has 0 aliphatic rings. The summed E-state index contributed by atoms with van der Waals surface area (Å²) in [5, 5.41) is 2.33. The zero-order valence-corrected chi connectivity index (χ0v) is 19.9. The molecule has 0 saturated carbocycles. The van der Waals surface area contributed by atoms with Gasteiger partial charge in [-0.3, -0.25) is 0 Å². The molecule has 2 aromatic carbocycles. The Bertz CT molecular complexity index is 771. The highest BCUT2D eigenvalue weighted by Gasteiger charge is 2.50. The van der Waals surface area contributed by atoms with Crippen LogP contribution in [0.2, 0.25) is 5.04 Å². The fraction of sp³-hybridized carbons (Fsp3) is 0.348. The highest BCUT2D eigenvalue weighted by molar-refractivity contribution is 9.12. The molecule has 0 spiro atoms. The number of hydrogen-bond donors (Lipinski definition) is 0. The summed E-state index contributed by atoms with van der Waals surface area (Å²) < 4.78 is 12.4. The molecule has 0 saturated heterocycles. The summed E-state index contributed by atoms with van der Waals surface area (Å²) in [6, 6.07) is 20.9. The number of benzene rings is 2. The lowest BCUT2D eigenvalue weighted by molar-refractivity contribution is -0.137. The molecule has 28 heavy (non-hydrogen) atoms. The van der Waals surface area contributed by atoms with Crippen LogP contribution in [0.5, 0.6) is 0 Å². The summed E-state index contributed by atoms with van der Waals surface area (Å²) in [6.45, 7) is 11.1. The Balaban J connectivity index is 2.53. The van der Waals surface area contributed by atoms with Crippen LogP contribution in [-0.4, -0.2) is 27.5 Å². The van der Waals surface area contributed by atoms with Crippen molar-refractivity contribution in [1.82, 2.24) is 0 Å². The average Bonchev–Trinajstić information content (AvgIpc) is 2.68. The van der Waals surface area contributed by atoms with Gasteiger partial charge in [-0.1, -0.05) is 81.4 Å². The lowest BCUT2D eigenvalue weighted by Gasteiger charge is -2.43. The molecule has 0 amide bonds. The van der Waals surface area contributed by atoms with Crippen molar-refractivity contribution in [3.05, 3.63) is 70.7 Å². The quantitative estimate of drug-likeness (QED) is 0.338. The molecular formula is C23H29BrO3Si. The predicted octanol–water partition coefficient (Wildman–Crippen LogP) is 4.80. The van der Waals surface area contributed by atoms with Crippen molar-refractivity contribution in [1.29, 1.82) is 0 Å². The molecule has 0 N–H and O–H groups in total. The number of rotatable bonds is 7. The van der Waals surface area contributed by atoms with E-state index in [2.05, 4.69) is 85.2 Å². The Labute approximate surface area is 178 Å². The molecule has 0 aromatic heterocycles. The number of hydrogen-bond acceptors (Lipinski definition) is 3. The van der Waals surface area contributed by atoms with E-state index in [4.69, 9.17) is 9.16 Å². The van der Waals surface area contributed by atoms with Gasteiger partial charge in [-0.15, -0.1) is 0 Å². The molecule has 2 rings (SSSR count). The van der Waals surface area contributed by atoms with Gasteiger partial charge in [-0.25, -0.2) is 4.79 Å². The summed E-state index contributed by atoms with van der Waals surface area (Å²) in [5.74, 6) is -0.356.